The second-order valence-electron chi connectivity index (χ2n) is 9.48. The minimum Gasteiger partial charge on any atom is -0.496 e. The number of rotatable bonds is 5. The number of hydrogen-bond donors (Lipinski definition) is 1. The van der Waals surface area contributed by atoms with E-state index in [0.717, 1.165) is 74.2 Å². The predicted octanol–water partition coefficient (Wildman–Crippen LogP) is 2.49. The number of nitrogens with zero attached hydrogens (tertiary/aromatic N) is 7. The molecular weight excluding hydrogens is 444 g/mol. The first-order valence-electron chi connectivity index (χ1n) is 12.2. The Morgan fingerprint density at radius 1 is 1.09 bits per heavy atom. The van der Waals surface area contributed by atoms with Crippen LogP contribution in [-0.4, -0.2) is 74.5 Å². The summed E-state index contributed by atoms with van der Waals surface area (Å²) >= 11 is 0. The van der Waals surface area contributed by atoms with E-state index in [1.807, 2.05) is 35.2 Å². The second-order valence-corrected chi connectivity index (χ2v) is 9.48. The Morgan fingerprint density at radius 2 is 1.86 bits per heavy atom. The van der Waals surface area contributed by atoms with Crippen LogP contribution in [0.4, 0.5) is 5.82 Å². The van der Waals surface area contributed by atoms with Crippen LogP contribution in [0.2, 0.25) is 0 Å². The van der Waals surface area contributed by atoms with Crippen molar-refractivity contribution >= 4 is 28.3 Å². The SMILES string of the molecule is COc1cc2nn(C3CCC(N4CCN(c5cnc6cccnn56)CC4)CC3)cc2cc1C(N)=O. The van der Waals surface area contributed by atoms with E-state index < -0.39 is 5.91 Å². The monoisotopic (exact) mass is 474 g/mol. The van der Waals surface area contributed by atoms with Gasteiger partial charge in [-0.1, -0.05) is 0 Å². The van der Waals surface area contributed by atoms with E-state index in [9.17, 15) is 4.79 Å². The fraction of sp³-hybridized carbons (Fsp3) is 0.440. The number of piperazine rings is 1. The third kappa shape index (κ3) is 3.97. The van der Waals surface area contributed by atoms with Crippen molar-refractivity contribution in [2.75, 3.05) is 38.2 Å². The molecule has 1 aliphatic carbocycles. The molecule has 0 atom stereocenters. The van der Waals surface area contributed by atoms with Crippen molar-refractivity contribution in [3.63, 3.8) is 0 Å². The van der Waals surface area contributed by atoms with Gasteiger partial charge in [-0.3, -0.25) is 14.4 Å². The molecule has 1 aliphatic heterocycles. The van der Waals surface area contributed by atoms with Crippen LogP contribution in [0.5, 0.6) is 5.75 Å². The molecule has 0 bridgehead atoms. The summed E-state index contributed by atoms with van der Waals surface area (Å²) in [5.74, 6) is 1.05. The van der Waals surface area contributed by atoms with E-state index in [1.165, 1.54) is 0 Å². The number of anilines is 1. The highest BCUT2D eigenvalue weighted by Gasteiger charge is 2.30. The molecule has 4 heterocycles. The molecule has 0 spiro atoms. The van der Waals surface area contributed by atoms with Crippen LogP contribution in [0.3, 0.4) is 0 Å². The summed E-state index contributed by atoms with van der Waals surface area (Å²) in [4.78, 5) is 21.3. The van der Waals surface area contributed by atoms with Crippen LogP contribution in [0, 0.1) is 0 Å². The number of primary amides is 1. The minimum atomic E-state index is -0.491. The Morgan fingerprint density at radius 3 is 2.60 bits per heavy atom. The molecule has 1 aromatic carbocycles. The summed E-state index contributed by atoms with van der Waals surface area (Å²) in [6, 6.07) is 8.47. The number of ether oxygens (including phenoxy) is 1. The third-order valence-electron chi connectivity index (χ3n) is 7.56. The fourth-order valence-electron chi connectivity index (χ4n) is 5.66. The molecule has 2 N–H and O–H groups in total. The van der Waals surface area contributed by atoms with Crippen LogP contribution < -0.4 is 15.4 Å². The molecule has 35 heavy (non-hydrogen) atoms. The second kappa shape index (κ2) is 8.84. The molecule has 2 aliphatic rings. The van der Waals surface area contributed by atoms with Gasteiger partial charge in [-0.2, -0.15) is 14.7 Å². The van der Waals surface area contributed by atoms with Gasteiger partial charge in [-0.15, -0.1) is 0 Å². The van der Waals surface area contributed by atoms with Crippen molar-refractivity contribution in [1.82, 2.24) is 29.3 Å². The number of carbonyl (C=O) groups excluding carboxylic acids is 1. The molecule has 6 rings (SSSR count). The number of amides is 1. The molecule has 0 radical (unpaired) electrons. The summed E-state index contributed by atoms with van der Waals surface area (Å²) in [6.45, 7) is 4.07. The molecular formula is C25H30N8O2. The van der Waals surface area contributed by atoms with E-state index in [-0.39, 0.29) is 0 Å². The minimum absolute atomic E-state index is 0.368. The molecule has 4 aromatic rings. The Labute approximate surface area is 203 Å². The number of imidazole rings is 1. The first kappa shape index (κ1) is 21.8. The lowest BCUT2D eigenvalue weighted by molar-refractivity contribution is 0.0997. The molecule has 3 aromatic heterocycles. The van der Waals surface area contributed by atoms with E-state index >= 15 is 0 Å². The molecule has 0 unspecified atom stereocenters. The maximum absolute atomic E-state index is 11.8. The van der Waals surface area contributed by atoms with Gasteiger partial charge in [-0.25, -0.2) is 4.98 Å². The predicted molar refractivity (Wildman–Crippen MR) is 133 cm³/mol. The summed E-state index contributed by atoms with van der Waals surface area (Å²) < 4.78 is 9.33. The van der Waals surface area contributed by atoms with Gasteiger partial charge < -0.3 is 15.4 Å². The summed E-state index contributed by atoms with van der Waals surface area (Å²) in [7, 11) is 1.54. The number of benzene rings is 1. The van der Waals surface area contributed by atoms with Crippen LogP contribution >= 0.6 is 0 Å². The number of carbonyl (C=O) groups is 1. The lowest BCUT2D eigenvalue weighted by Gasteiger charge is -2.42. The summed E-state index contributed by atoms with van der Waals surface area (Å²) in [5, 5.41) is 10.2. The van der Waals surface area contributed by atoms with Gasteiger partial charge in [-0.05, 0) is 43.9 Å². The Hall–Kier alpha value is -3.66. The average molecular weight is 475 g/mol. The van der Waals surface area contributed by atoms with Gasteiger partial charge in [0.15, 0.2) is 11.5 Å². The van der Waals surface area contributed by atoms with Gasteiger partial charge in [0.2, 0.25) is 0 Å². The Kier molecular flexibility index (Phi) is 5.52. The molecule has 182 valence electrons. The fourth-order valence-corrected chi connectivity index (χ4v) is 5.66. The maximum Gasteiger partial charge on any atom is 0.252 e. The van der Waals surface area contributed by atoms with E-state index in [2.05, 4.69) is 24.6 Å². The zero-order valence-corrected chi connectivity index (χ0v) is 19.9. The number of fused-ring (bicyclic) bond motifs is 2. The number of aromatic nitrogens is 5. The average Bonchev–Trinajstić information content (AvgIpc) is 3.52. The van der Waals surface area contributed by atoms with Gasteiger partial charge >= 0.3 is 0 Å². The smallest absolute Gasteiger partial charge is 0.252 e. The Balaban J connectivity index is 1.08. The van der Waals surface area contributed by atoms with Gasteiger partial charge in [0.1, 0.15) is 5.75 Å². The first-order chi connectivity index (χ1) is 17.1. The van der Waals surface area contributed by atoms with E-state index in [0.29, 0.717) is 23.4 Å². The van der Waals surface area contributed by atoms with Gasteiger partial charge in [0, 0.05) is 56.1 Å². The number of methoxy groups -OCH3 is 1. The van der Waals surface area contributed by atoms with Crippen LogP contribution in [0.25, 0.3) is 16.6 Å². The van der Waals surface area contributed by atoms with Gasteiger partial charge in [0.25, 0.3) is 5.91 Å². The van der Waals surface area contributed by atoms with Crippen LogP contribution in [0.15, 0.2) is 42.9 Å². The largest absolute Gasteiger partial charge is 0.496 e. The molecule has 1 saturated heterocycles. The normalized spacial score (nSPS) is 21.6. The van der Waals surface area contributed by atoms with Crippen molar-refractivity contribution in [3.05, 3.63) is 48.4 Å². The van der Waals surface area contributed by atoms with Crippen molar-refractivity contribution in [3.8, 4) is 5.75 Å². The lowest BCUT2D eigenvalue weighted by Crippen LogP contribution is -2.51. The zero-order valence-electron chi connectivity index (χ0n) is 19.9. The lowest BCUT2D eigenvalue weighted by atomic mass is 9.90. The Bertz CT molecular complexity index is 1360. The van der Waals surface area contributed by atoms with Crippen LogP contribution in [-0.2, 0) is 0 Å². The van der Waals surface area contributed by atoms with Crippen molar-refractivity contribution < 1.29 is 9.53 Å². The molecule has 10 heteroatoms. The maximum atomic E-state index is 11.8. The van der Waals surface area contributed by atoms with Crippen LogP contribution in [0.1, 0.15) is 42.1 Å². The molecule has 1 saturated carbocycles. The topological polar surface area (TPSA) is 107 Å². The van der Waals surface area contributed by atoms with Gasteiger partial charge in [0.05, 0.1) is 30.4 Å². The van der Waals surface area contributed by atoms with E-state index in [4.69, 9.17) is 15.6 Å². The standard InChI is InChI=1S/C25H30N8O2/c1-35-22-14-21-17(13-20(22)25(26)34)16-32(29-21)19-6-4-18(5-7-19)30-9-11-31(12-10-30)24-15-27-23-3-2-8-28-33(23)24/h2-3,8,13-16,18-19H,4-7,9-12H2,1H3,(H2,26,34). The highest BCUT2D eigenvalue weighted by Crippen LogP contribution is 2.33. The van der Waals surface area contributed by atoms with Crippen molar-refractivity contribution in [2.45, 2.75) is 37.8 Å². The third-order valence-corrected chi connectivity index (χ3v) is 7.56. The quantitative estimate of drug-likeness (QED) is 0.474. The molecule has 2 fully saturated rings. The van der Waals surface area contributed by atoms with E-state index in [1.54, 1.807) is 19.2 Å². The highest BCUT2D eigenvalue weighted by atomic mass is 16.5. The van der Waals surface area contributed by atoms with Crippen molar-refractivity contribution in [1.29, 1.82) is 0 Å². The zero-order chi connectivity index (χ0) is 23.9. The summed E-state index contributed by atoms with van der Waals surface area (Å²) in [6.07, 6.45) is 10.3. The molecule has 10 nitrogen and oxygen atoms in total. The number of hydrogen-bond acceptors (Lipinski definition) is 7. The van der Waals surface area contributed by atoms with Crippen molar-refractivity contribution in [2.24, 2.45) is 5.73 Å². The summed E-state index contributed by atoms with van der Waals surface area (Å²) in [5.41, 5.74) is 7.62. The first-order valence-corrected chi connectivity index (χ1v) is 12.2. The molecule has 1 amide bonds. The number of nitrogens with two attached hydrogens (primary N) is 1. The highest BCUT2D eigenvalue weighted by molar-refractivity contribution is 6.00.